The molecular formula is C23H26ClFN4O3. The first-order valence-electron chi connectivity index (χ1n) is 9.92. The number of ether oxygens (including phenoxy) is 1. The fourth-order valence-electron chi connectivity index (χ4n) is 2.61. The molecule has 0 spiro atoms. The second kappa shape index (κ2) is 11.9. The summed E-state index contributed by atoms with van der Waals surface area (Å²) >= 11 is 5.87. The molecule has 32 heavy (non-hydrogen) atoms. The molecule has 0 heterocycles. The van der Waals surface area contributed by atoms with Gasteiger partial charge in [0.15, 0.2) is 11.6 Å². The number of amidine groups is 1. The van der Waals surface area contributed by atoms with Gasteiger partial charge in [-0.2, -0.15) is 4.99 Å². The van der Waals surface area contributed by atoms with Crippen LogP contribution in [0.4, 0.5) is 10.1 Å². The number of aliphatic imine (C=N–C) groups is 1. The van der Waals surface area contributed by atoms with E-state index in [2.05, 4.69) is 20.9 Å². The molecule has 2 aromatic rings. The van der Waals surface area contributed by atoms with Crippen LogP contribution in [0.1, 0.15) is 33.3 Å². The lowest BCUT2D eigenvalue weighted by Gasteiger charge is -2.12. The molecule has 0 bridgehead atoms. The Kier molecular flexibility index (Phi) is 9.22. The van der Waals surface area contributed by atoms with Crippen LogP contribution in [0.2, 0.25) is 5.02 Å². The van der Waals surface area contributed by atoms with Crippen molar-refractivity contribution in [2.24, 2.45) is 4.99 Å². The number of rotatable bonds is 8. The van der Waals surface area contributed by atoms with Crippen LogP contribution >= 0.6 is 11.6 Å². The van der Waals surface area contributed by atoms with Gasteiger partial charge in [0.1, 0.15) is 11.7 Å². The molecule has 0 aliphatic rings. The summed E-state index contributed by atoms with van der Waals surface area (Å²) in [6.07, 6.45) is 1.02. The Balaban J connectivity index is 2.05. The highest BCUT2D eigenvalue weighted by atomic mass is 35.5. The molecule has 2 rings (SSSR count). The summed E-state index contributed by atoms with van der Waals surface area (Å²) in [5, 5.41) is 9.00. The van der Waals surface area contributed by atoms with E-state index in [9.17, 15) is 14.0 Å². The van der Waals surface area contributed by atoms with Crippen LogP contribution < -0.4 is 20.7 Å². The lowest BCUT2D eigenvalue weighted by Crippen LogP contribution is -2.30. The normalized spacial score (nSPS) is 11.8. The van der Waals surface area contributed by atoms with Gasteiger partial charge < -0.3 is 20.7 Å². The Labute approximate surface area is 191 Å². The third-order valence-corrected chi connectivity index (χ3v) is 4.12. The van der Waals surface area contributed by atoms with Crippen LogP contribution in [-0.2, 0) is 16.1 Å². The first-order valence-corrected chi connectivity index (χ1v) is 10.3. The number of benzene rings is 2. The summed E-state index contributed by atoms with van der Waals surface area (Å²) in [7, 11) is 0. The van der Waals surface area contributed by atoms with E-state index in [4.69, 9.17) is 16.3 Å². The van der Waals surface area contributed by atoms with Crippen LogP contribution in [0.25, 0.3) is 0 Å². The van der Waals surface area contributed by atoms with E-state index < -0.39 is 11.7 Å². The van der Waals surface area contributed by atoms with E-state index >= 15 is 0 Å². The second-order valence-corrected chi connectivity index (χ2v) is 7.63. The van der Waals surface area contributed by atoms with Gasteiger partial charge in [-0.05, 0) is 50.6 Å². The van der Waals surface area contributed by atoms with Crippen LogP contribution in [0.5, 0.6) is 5.75 Å². The highest BCUT2D eigenvalue weighted by Crippen LogP contribution is 2.22. The molecule has 9 heteroatoms. The van der Waals surface area contributed by atoms with E-state index in [-0.39, 0.29) is 29.4 Å². The highest BCUT2D eigenvalue weighted by Gasteiger charge is 2.08. The lowest BCUT2D eigenvalue weighted by molar-refractivity contribution is -0.118. The maximum atomic E-state index is 14.1. The topological polar surface area (TPSA) is 91.8 Å². The van der Waals surface area contributed by atoms with E-state index in [1.54, 1.807) is 39.0 Å². The van der Waals surface area contributed by atoms with Gasteiger partial charge in [-0.25, -0.2) is 4.39 Å². The molecular weight excluding hydrogens is 435 g/mol. The number of hydrogen-bond acceptors (Lipinski definition) is 4. The van der Waals surface area contributed by atoms with Crippen molar-refractivity contribution in [3.8, 4) is 5.75 Å². The Hall–Kier alpha value is -3.39. The second-order valence-electron chi connectivity index (χ2n) is 7.19. The largest absolute Gasteiger partial charge is 0.488 e. The van der Waals surface area contributed by atoms with Gasteiger partial charge in [-0.3, -0.25) is 9.59 Å². The van der Waals surface area contributed by atoms with E-state index in [1.165, 1.54) is 25.1 Å². The summed E-state index contributed by atoms with van der Waals surface area (Å²) in [5.41, 5.74) is 1.32. The average molecular weight is 461 g/mol. The Morgan fingerprint density at radius 3 is 2.44 bits per heavy atom. The molecule has 3 N–H and O–H groups in total. The van der Waals surface area contributed by atoms with Gasteiger partial charge >= 0.3 is 0 Å². The SMILES string of the molecule is CC(=O)N/C(=C/C(=O)/N=C(\C)Nc1ccc(OC(C)C)c(F)c1)NCc1ccc(Cl)cc1. The number of carbonyl (C=O) groups excluding carboxylic acids is 2. The minimum atomic E-state index is -0.609. The quantitative estimate of drug-likeness (QED) is 0.308. The monoisotopic (exact) mass is 460 g/mol. The van der Waals surface area contributed by atoms with Gasteiger partial charge in [-0.15, -0.1) is 0 Å². The standard InChI is InChI=1S/C23H26ClFN4O3/c1-14(2)32-21-10-9-19(11-20(21)25)27-15(3)28-23(31)12-22(29-16(4)30)26-13-17-5-7-18(24)8-6-17/h5-12,14,26H,13H2,1-4H3,(H,29,30)(H,27,28,31)/b22-12+. The lowest BCUT2D eigenvalue weighted by atomic mass is 10.2. The maximum absolute atomic E-state index is 14.1. The molecule has 0 fully saturated rings. The van der Waals surface area contributed by atoms with Gasteiger partial charge in [-0.1, -0.05) is 23.7 Å². The molecule has 0 unspecified atom stereocenters. The van der Waals surface area contributed by atoms with E-state index in [1.807, 2.05) is 12.1 Å². The van der Waals surface area contributed by atoms with Crippen molar-refractivity contribution >= 4 is 34.9 Å². The molecule has 0 radical (unpaired) electrons. The van der Waals surface area contributed by atoms with Crippen molar-refractivity contribution in [1.29, 1.82) is 0 Å². The van der Waals surface area contributed by atoms with Crippen molar-refractivity contribution in [2.75, 3.05) is 5.32 Å². The van der Waals surface area contributed by atoms with E-state index in [0.29, 0.717) is 17.3 Å². The molecule has 0 aliphatic heterocycles. The number of nitrogens with zero attached hydrogens (tertiary/aromatic N) is 1. The maximum Gasteiger partial charge on any atom is 0.274 e. The number of hydrogen-bond donors (Lipinski definition) is 3. The molecule has 0 atom stereocenters. The molecule has 2 aromatic carbocycles. The summed E-state index contributed by atoms with van der Waals surface area (Å²) in [4.78, 5) is 27.7. The Bertz CT molecular complexity index is 1020. The summed E-state index contributed by atoms with van der Waals surface area (Å²) in [6.45, 7) is 6.88. The van der Waals surface area contributed by atoms with Crippen LogP contribution in [0, 0.1) is 5.82 Å². The van der Waals surface area contributed by atoms with Crippen molar-refractivity contribution in [3.63, 3.8) is 0 Å². The summed E-state index contributed by atoms with van der Waals surface area (Å²) in [5.74, 6) is -0.875. The smallest absolute Gasteiger partial charge is 0.274 e. The first kappa shape index (κ1) is 24.9. The van der Waals surface area contributed by atoms with Gasteiger partial charge in [0, 0.05) is 36.3 Å². The third kappa shape index (κ3) is 8.77. The predicted octanol–water partition coefficient (Wildman–Crippen LogP) is 4.39. The zero-order chi connectivity index (χ0) is 23.7. The Morgan fingerprint density at radius 1 is 1.16 bits per heavy atom. The van der Waals surface area contributed by atoms with Gasteiger partial charge in [0.2, 0.25) is 5.91 Å². The number of anilines is 1. The molecule has 0 aromatic heterocycles. The molecule has 7 nitrogen and oxygen atoms in total. The van der Waals surface area contributed by atoms with Crippen LogP contribution in [-0.4, -0.2) is 23.8 Å². The minimum Gasteiger partial charge on any atom is -0.488 e. The number of halogens is 2. The molecule has 0 aliphatic carbocycles. The van der Waals surface area contributed by atoms with Gasteiger partial charge in [0.05, 0.1) is 6.10 Å². The molecule has 0 saturated carbocycles. The summed E-state index contributed by atoms with van der Waals surface area (Å²) in [6, 6.07) is 11.5. The molecule has 0 saturated heterocycles. The number of carbonyl (C=O) groups is 2. The minimum absolute atomic E-state index is 0.144. The van der Waals surface area contributed by atoms with Crippen molar-refractivity contribution in [1.82, 2.24) is 10.6 Å². The van der Waals surface area contributed by atoms with Crippen molar-refractivity contribution < 1.29 is 18.7 Å². The van der Waals surface area contributed by atoms with Crippen molar-refractivity contribution in [2.45, 2.75) is 40.3 Å². The highest BCUT2D eigenvalue weighted by molar-refractivity contribution is 6.30. The first-order chi connectivity index (χ1) is 15.1. The van der Waals surface area contributed by atoms with Gasteiger partial charge in [0.25, 0.3) is 5.91 Å². The number of amides is 2. The zero-order valence-electron chi connectivity index (χ0n) is 18.3. The Morgan fingerprint density at radius 2 is 1.84 bits per heavy atom. The third-order valence-electron chi connectivity index (χ3n) is 3.87. The summed E-state index contributed by atoms with van der Waals surface area (Å²) < 4.78 is 19.5. The molecule has 2 amide bonds. The van der Waals surface area contributed by atoms with Crippen LogP contribution in [0.3, 0.4) is 0 Å². The average Bonchev–Trinajstić information content (AvgIpc) is 2.68. The van der Waals surface area contributed by atoms with Crippen molar-refractivity contribution in [3.05, 3.63) is 70.8 Å². The zero-order valence-corrected chi connectivity index (χ0v) is 19.1. The van der Waals surface area contributed by atoms with Crippen LogP contribution in [0.15, 0.2) is 59.4 Å². The van der Waals surface area contributed by atoms with E-state index in [0.717, 1.165) is 5.56 Å². The fourth-order valence-corrected chi connectivity index (χ4v) is 2.73. The molecule has 170 valence electrons. The predicted molar refractivity (Wildman–Crippen MR) is 124 cm³/mol. The number of nitrogens with one attached hydrogen (secondary N) is 3. The fraction of sp³-hybridized carbons (Fsp3) is 0.261.